The molecule has 1 amide bonds. The van der Waals surface area contributed by atoms with Gasteiger partial charge in [-0.25, -0.2) is 0 Å². The van der Waals surface area contributed by atoms with Crippen molar-refractivity contribution >= 4 is 23.1 Å². The van der Waals surface area contributed by atoms with Crippen LogP contribution in [0.15, 0.2) is 18.2 Å². The molecule has 0 aromatic heterocycles. The SMILES string of the molecule is CC(=O)c1ccc(N[C@@H]2CCNC(=O)CC2)c([N+](=O)[O-])c1. The standard InChI is InChI=1S/C14H17N3O4/c1-9(18)10-2-4-12(13(8-10)17(20)21)16-11-3-5-14(19)15-7-6-11/h2,4,8,11,16H,3,5-7H2,1H3,(H,15,19)/t11-/m0/s1. The third-order valence-electron chi connectivity index (χ3n) is 3.50. The maximum atomic E-state index is 11.3. The molecule has 1 fully saturated rings. The fourth-order valence-corrected chi connectivity index (χ4v) is 2.31. The van der Waals surface area contributed by atoms with E-state index in [1.165, 1.54) is 13.0 Å². The van der Waals surface area contributed by atoms with Crippen molar-refractivity contribution in [2.75, 3.05) is 11.9 Å². The molecule has 0 bridgehead atoms. The zero-order chi connectivity index (χ0) is 15.4. The predicted molar refractivity (Wildman–Crippen MR) is 77.4 cm³/mol. The Morgan fingerprint density at radius 2 is 2.19 bits per heavy atom. The van der Waals surface area contributed by atoms with E-state index in [1.807, 2.05) is 0 Å². The molecule has 7 nitrogen and oxygen atoms in total. The molecule has 1 aliphatic heterocycles. The summed E-state index contributed by atoms with van der Waals surface area (Å²) < 4.78 is 0. The largest absolute Gasteiger partial charge is 0.377 e. The molecule has 1 saturated heterocycles. The molecule has 21 heavy (non-hydrogen) atoms. The van der Waals surface area contributed by atoms with Crippen molar-refractivity contribution in [1.29, 1.82) is 0 Å². The normalized spacial score (nSPS) is 18.5. The molecule has 1 aromatic carbocycles. The molecular formula is C14H17N3O4. The van der Waals surface area contributed by atoms with E-state index in [4.69, 9.17) is 0 Å². The van der Waals surface area contributed by atoms with Gasteiger partial charge in [0.2, 0.25) is 5.91 Å². The van der Waals surface area contributed by atoms with Crippen molar-refractivity contribution in [3.63, 3.8) is 0 Å². The highest BCUT2D eigenvalue weighted by Gasteiger charge is 2.21. The molecule has 2 N–H and O–H groups in total. The van der Waals surface area contributed by atoms with E-state index >= 15 is 0 Å². The van der Waals surface area contributed by atoms with Crippen LogP contribution in [0.2, 0.25) is 0 Å². The lowest BCUT2D eigenvalue weighted by molar-refractivity contribution is -0.384. The fraction of sp³-hybridized carbons (Fsp3) is 0.429. The minimum Gasteiger partial charge on any atom is -0.377 e. The highest BCUT2D eigenvalue weighted by molar-refractivity contribution is 5.95. The van der Waals surface area contributed by atoms with Gasteiger partial charge in [0, 0.05) is 30.6 Å². The quantitative estimate of drug-likeness (QED) is 0.501. The Kier molecular flexibility index (Phi) is 4.52. The van der Waals surface area contributed by atoms with Crippen LogP contribution in [0.25, 0.3) is 0 Å². The van der Waals surface area contributed by atoms with Crippen molar-refractivity contribution in [1.82, 2.24) is 5.32 Å². The Balaban J connectivity index is 2.20. The van der Waals surface area contributed by atoms with Gasteiger partial charge in [-0.2, -0.15) is 0 Å². The van der Waals surface area contributed by atoms with Gasteiger partial charge in [0.05, 0.1) is 4.92 Å². The molecule has 2 rings (SSSR count). The molecule has 1 heterocycles. The third kappa shape index (κ3) is 3.77. The molecule has 112 valence electrons. The lowest BCUT2D eigenvalue weighted by atomic mass is 10.1. The third-order valence-corrected chi connectivity index (χ3v) is 3.50. The summed E-state index contributed by atoms with van der Waals surface area (Å²) >= 11 is 0. The highest BCUT2D eigenvalue weighted by Crippen LogP contribution is 2.27. The summed E-state index contributed by atoms with van der Waals surface area (Å²) in [5.41, 5.74) is 0.570. The number of benzene rings is 1. The Morgan fingerprint density at radius 1 is 1.43 bits per heavy atom. The topological polar surface area (TPSA) is 101 Å². The molecule has 1 aromatic rings. The van der Waals surface area contributed by atoms with Crippen molar-refractivity contribution in [2.45, 2.75) is 32.2 Å². The predicted octanol–water partition coefficient (Wildman–Crippen LogP) is 1.88. The van der Waals surface area contributed by atoms with Gasteiger partial charge >= 0.3 is 0 Å². The number of carbonyl (C=O) groups is 2. The van der Waals surface area contributed by atoms with Crippen LogP contribution in [0.5, 0.6) is 0 Å². The minimum atomic E-state index is -0.505. The summed E-state index contributed by atoms with van der Waals surface area (Å²) in [6, 6.07) is 4.39. The van der Waals surface area contributed by atoms with Crippen LogP contribution >= 0.6 is 0 Å². The van der Waals surface area contributed by atoms with Crippen LogP contribution in [0.4, 0.5) is 11.4 Å². The molecule has 0 spiro atoms. The summed E-state index contributed by atoms with van der Waals surface area (Å²) in [6.07, 6.45) is 1.73. The molecule has 1 atom stereocenters. The summed E-state index contributed by atoms with van der Waals surface area (Å²) in [5.74, 6) is -0.213. The summed E-state index contributed by atoms with van der Waals surface area (Å²) in [6.45, 7) is 1.92. The van der Waals surface area contributed by atoms with Crippen LogP contribution in [0, 0.1) is 10.1 Å². The molecule has 0 radical (unpaired) electrons. The lowest BCUT2D eigenvalue weighted by Gasteiger charge is -2.17. The Bertz CT molecular complexity index is 586. The molecule has 7 heteroatoms. The number of amides is 1. The van der Waals surface area contributed by atoms with Crippen LogP contribution < -0.4 is 10.6 Å². The first kappa shape index (κ1) is 15.0. The summed E-state index contributed by atoms with van der Waals surface area (Å²) in [7, 11) is 0. The second kappa shape index (κ2) is 6.34. The number of Topliss-reactive ketones (excluding diaryl/α,β-unsaturated/α-hetero) is 1. The maximum absolute atomic E-state index is 11.3. The van der Waals surface area contributed by atoms with Gasteiger partial charge in [-0.1, -0.05) is 0 Å². The molecule has 1 aliphatic rings. The van der Waals surface area contributed by atoms with Crippen LogP contribution in [0.3, 0.4) is 0 Å². The van der Waals surface area contributed by atoms with Crippen LogP contribution in [-0.2, 0) is 4.79 Å². The van der Waals surface area contributed by atoms with Gasteiger partial charge < -0.3 is 10.6 Å². The number of ketones is 1. The van der Waals surface area contributed by atoms with Crippen LogP contribution in [-0.4, -0.2) is 29.2 Å². The average Bonchev–Trinajstić information content (AvgIpc) is 2.63. The van der Waals surface area contributed by atoms with Gasteiger partial charge in [-0.15, -0.1) is 0 Å². The Morgan fingerprint density at radius 3 is 2.86 bits per heavy atom. The minimum absolute atomic E-state index is 0.000673. The van der Waals surface area contributed by atoms with Crippen LogP contribution in [0.1, 0.15) is 36.5 Å². The van der Waals surface area contributed by atoms with Crippen molar-refractivity contribution in [3.8, 4) is 0 Å². The number of rotatable bonds is 4. The molecule has 0 unspecified atom stereocenters. The van der Waals surface area contributed by atoms with E-state index in [9.17, 15) is 19.7 Å². The fourth-order valence-electron chi connectivity index (χ4n) is 2.31. The monoisotopic (exact) mass is 291 g/mol. The van der Waals surface area contributed by atoms with Gasteiger partial charge in [-0.3, -0.25) is 19.7 Å². The number of nitro benzene ring substituents is 1. The number of nitrogens with one attached hydrogen (secondary N) is 2. The summed E-state index contributed by atoms with van der Waals surface area (Å²) in [4.78, 5) is 33.2. The first-order valence-electron chi connectivity index (χ1n) is 6.80. The average molecular weight is 291 g/mol. The Hall–Kier alpha value is -2.44. The van der Waals surface area contributed by atoms with Crippen molar-refractivity contribution in [3.05, 3.63) is 33.9 Å². The van der Waals surface area contributed by atoms with Gasteiger partial charge in [0.15, 0.2) is 5.78 Å². The van der Waals surface area contributed by atoms with E-state index in [1.54, 1.807) is 12.1 Å². The number of anilines is 1. The first-order valence-corrected chi connectivity index (χ1v) is 6.80. The van der Waals surface area contributed by atoms with Crippen molar-refractivity contribution in [2.24, 2.45) is 0 Å². The van der Waals surface area contributed by atoms with E-state index in [0.717, 1.165) is 0 Å². The summed E-state index contributed by atoms with van der Waals surface area (Å²) in [5, 5.41) is 17.0. The highest BCUT2D eigenvalue weighted by atomic mass is 16.6. The smallest absolute Gasteiger partial charge is 0.293 e. The molecule has 0 saturated carbocycles. The van der Waals surface area contributed by atoms with E-state index < -0.39 is 4.92 Å². The molecule has 0 aliphatic carbocycles. The number of carbonyl (C=O) groups excluding carboxylic acids is 2. The van der Waals surface area contributed by atoms with E-state index in [2.05, 4.69) is 10.6 Å². The van der Waals surface area contributed by atoms with Gasteiger partial charge in [0.1, 0.15) is 5.69 Å². The zero-order valence-electron chi connectivity index (χ0n) is 11.7. The number of hydrogen-bond acceptors (Lipinski definition) is 5. The number of nitro groups is 1. The molecular weight excluding hydrogens is 274 g/mol. The second-order valence-corrected chi connectivity index (χ2v) is 5.06. The second-order valence-electron chi connectivity index (χ2n) is 5.06. The van der Waals surface area contributed by atoms with E-state index in [-0.39, 0.29) is 23.4 Å². The maximum Gasteiger partial charge on any atom is 0.293 e. The number of hydrogen-bond donors (Lipinski definition) is 2. The van der Waals surface area contributed by atoms with E-state index in [0.29, 0.717) is 37.1 Å². The first-order chi connectivity index (χ1) is 9.97. The lowest BCUT2D eigenvalue weighted by Crippen LogP contribution is -2.23. The zero-order valence-corrected chi connectivity index (χ0v) is 11.7. The van der Waals surface area contributed by atoms with Crippen molar-refractivity contribution < 1.29 is 14.5 Å². The number of nitrogens with zero attached hydrogens (tertiary/aromatic N) is 1. The van der Waals surface area contributed by atoms with Gasteiger partial charge in [-0.05, 0) is 31.9 Å². The van der Waals surface area contributed by atoms with Gasteiger partial charge in [0.25, 0.3) is 5.69 Å². The Labute approximate surface area is 121 Å².